The molecule has 1 heterocycles. The van der Waals surface area contributed by atoms with Crippen molar-refractivity contribution in [1.29, 1.82) is 0 Å². The van der Waals surface area contributed by atoms with Crippen molar-refractivity contribution in [3.8, 4) is 0 Å². The van der Waals surface area contributed by atoms with Crippen molar-refractivity contribution in [3.63, 3.8) is 0 Å². The molecule has 0 atom stereocenters. The quantitative estimate of drug-likeness (QED) is 0.415. The molecule has 0 saturated heterocycles. The van der Waals surface area contributed by atoms with Crippen LogP contribution >= 0.6 is 0 Å². The van der Waals surface area contributed by atoms with Gasteiger partial charge in [-0.1, -0.05) is 17.8 Å². The fourth-order valence-electron chi connectivity index (χ4n) is 0.0333. The molecule has 0 radical (unpaired) electrons. The second-order valence-corrected chi connectivity index (χ2v) is 9.32. The normalized spacial score (nSPS) is 22.2. The van der Waals surface area contributed by atoms with Gasteiger partial charge >= 0.3 is 0 Å². The van der Waals surface area contributed by atoms with Crippen molar-refractivity contribution in [2.45, 2.75) is 0 Å². The summed E-state index contributed by atoms with van der Waals surface area (Å²) >= 11 is 0. The van der Waals surface area contributed by atoms with Gasteiger partial charge < -0.3 is 0 Å². The maximum atomic E-state index is 2.27. The van der Waals surface area contributed by atoms with Crippen molar-refractivity contribution < 1.29 is 0 Å². The predicted octanol–water partition coefficient (Wildman–Crippen LogP) is -0.109. The number of rotatable bonds is 0. The summed E-state index contributed by atoms with van der Waals surface area (Å²) in [5.74, 6) is 0. The van der Waals surface area contributed by atoms with E-state index in [0.29, 0.717) is 8.01 Å². The lowest BCUT2D eigenvalue weighted by molar-refractivity contribution is 2.54. The summed E-state index contributed by atoms with van der Waals surface area (Å²) in [7, 11) is 4.47. The largest absolute Gasteiger partial charge is 0.104 e. The van der Waals surface area contributed by atoms with Crippen LogP contribution in [0.15, 0.2) is 0 Å². The fourth-order valence-corrected chi connectivity index (χ4v) is 2.70. The third kappa shape index (κ3) is 0.622. The highest BCUT2D eigenvalue weighted by atomic mass is 33.5. The third-order valence-corrected chi connectivity index (χ3v) is 6.04. The Balaban J connectivity index is 3.30. The van der Waals surface area contributed by atoms with E-state index >= 15 is 0 Å². The van der Waals surface area contributed by atoms with Crippen LogP contribution in [-0.2, 0) is 25.8 Å². The molecule has 0 fully saturated rings. The summed E-state index contributed by atoms with van der Waals surface area (Å²) in [6.07, 6.45) is 2.27. The van der Waals surface area contributed by atoms with Gasteiger partial charge in [-0.3, -0.25) is 0 Å². The van der Waals surface area contributed by atoms with Gasteiger partial charge in [0.1, 0.15) is 0 Å². The molecule has 1 rings (SSSR count). The molecule has 0 aliphatic carbocycles. The minimum absolute atomic E-state index is 0.463. The SMILES string of the molecule is C[SH]1=S=S=1. The van der Waals surface area contributed by atoms with Crippen molar-refractivity contribution >= 4 is 25.8 Å². The van der Waals surface area contributed by atoms with E-state index in [1.807, 2.05) is 17.8 Å². The average Bonchev–Trinajstić information content (AvgIpc) is 1.75. The van der Waals surface area contributed by atoms with Crippen LogP contribution in [0.5, 0.6) is 0 Å². The summed E-state index contributed by atoms with van der Waals surface area (Å²) in [4.78, 5) is 0. The zero-order valence-corrected chi connectivity index (χ0v) is 4.79. The first-order valence-corrected chi connectivity index (χ1v) is 6.13. The molecule has 0 nitrogen and oxygen atoms in total. The molecule has 4 heavy (non-hydrogen) atoms. The molecule has 26 valence electrons. The topological polar surface area (TPSA) is 0 Å². The van der Waals surface area contributed by atoms with Gasteiger partial charge in [0.05, 0.1) is 0 Å². The molecule has 0 saturated carbocycles. The van der Waals surface area contributed by atoms with E-state index in [-0.39, 0.29) is 0 Å². The Morgan fingerprint density at radius 1 is 1.50 bits per heavy atom. The van der Waals surface area contributed by atoms with E-state index in [4.69, 9.17) is 0 Å². The summed E-state index contributed by atoms with van der Waals surface area (Å²) in [6.45, 7) is 0. The van der Waals surface area contributed by atoms with Crippen molar-refractivity contribution in [2.24, 2.45) is 0 Å². The maximum Gasteiger partial charge on any atom is -0.0122 e. The van der Waals surface area contributed by atoms with E-state index in [1.54, 1.807) is 0 Å². The molecule has 0 aromatic rings. The molecule has 0 N–H and O–H groups in total. The minimum Gasteiger partial charge on any atom is -0.104 e. The summed E-state index contributed by atoms with van der Waals surface area (Å²) in [6, 6.07) is 0. The smallest absolute Gasteiger partial charge is 0.0122 e. The summed E-state index contributed by atoms with van der Waals surface area (Å²) < 4.78 is 0. The molecule has 1 aliphatic rings. The van der Waals surface area contributed by atoms with Crippen LogP contribution in [0.3, 0.4) is 0 Å². The number of thiol groups is 1. The highest BCUT2D eigenvalue weighted by Gasteiger charge is 1.59. The van der Waals surface area contributed by atoms with Crippen molar-refractivity contribution in [1.82, 2.24) is 0 Å². The lowest BCUT2D eigenvalue weighted by Crippen LogP contribution is -1.36. The molecule has 0 spiro atoms. The van der Waals surface area contributed by atoms with Gasteiger partial charge in [-0.2, -0.15) is 0 Å². The first-order chi connectivity index (χ1) is 1.89. The van der Waals surface area contributed by atoms with E-state index < -0.39 is 0 Å². The maximum absolute atomic E-state index is 2.27. The number of hydrogen-bond acceptors (Lipinski definition) is 0. The van der Waals surface area contributed by atoms with Gasteiger partial charge in [-0.15, -0.1) is 8.01 Å². The van der Waals surface area contributed by atoms with E-state index in [2.05, 4.69) is 6.26 Å². The highest BCUT2D eigenvalue weighted by Crippen LogP contribution is 1.63. The van der Waals surface area contributed by atoms with Crippen LogP contribution in [0.1, 0.15) is 0 Å². The summed E-state index contributed by atoms with van der Waals surface area (Å²) in [5.41, 5.74) is 0. The van der Waals surface area contributed by atoms with Crippen LogP contribution in [-0.4, -0.2) is 6.26 Å². The second kappa shape index (κ2) is 0.880. The van der Waals surface area contributed by atoms with Gasteiger partial charge in [-0.25, -0.2) is 0 Å². The Bertz CT molecular complexity index is 123. The molecule has 0 aromatic carbocycles. The van der Waals surface area contributed by atoms with Crippen LogP contribution in [0.4, 0.5) is 0 Å². The lowest BCUT2D eigenvalue weighted by atomic mass is 12.0. The second-order valence-electron chi connectivity index (χ2n) is 0.589. The van der Waals surface area contributed by atoms with Gasteiger partial charge in [0.25, 0.3) is 0 Å². The zero-order chi connectivity index (χ0) is 2.99. The zero-order valence-electron chi connectivity index (χ0n) is 2.26. The van der Waals surface area contributed by atoms with E-state index in [1.165, 1.54) is 0 Å². The molecule has 1 aliphatic heterocycles. The van der Waals surface area contributed by atoms with E-state index in [0.717, 1.165) is 0 Å². The molecule has 0 bridgehead atoms. The standard InChI is InChI=1S/CH4S3/c1-4-2-3-4/h4H,1H3. The number of hydrogen-bond donors (Lipinski definition) is 1. The first kappa shape index (κ1) is 3.00. The van der Waals surface area contributed by atoms with Crippen LogP contribution in [0.2, 0.25) is 0 Å². The minimum atomic E-state index is 0.463. The molecular formula is CH4S3. The van der Waals surface area contributed by atoms with Crippen molar-refractivity contribution in [2.75, 3.05) is 6.26 Å². The van der Waals surface area contributed by atoms with Gasteiger partial charge in [0.2, 0.25) is 0 Å². The Labute approximate surface area is 32.4 Å². The molecule has 0 unspecified atom stereocenters. The lowest BCUT2D eigenvalue weighted by Gasteiger charge is -1.35. The fraction of sp³-hybridized carbons (Fsp3) is 1.00. The predicted molar refractivity (Wildman–Crippen MR) is 29.4 cm³/mol. The Hall–Kier alpha value is 0.790. The molecule has 3 heteroatoms. The van der Waals surface area contributed by atoms with Gasteiger partial charge in [0.15, 0.2) is 0 Å². The van der Waals surface area contributed by atoms with Crippen LogP contribution in [0.25, 0.3) is 0 Å². The average molecular weight is 112 g/mol. The third-order valence-electron chi connectivity index (χ3n) is 0.224. The van der Waals surface area contributed by atoms with Crippen LogP contribution < -0.4 is 0 Å². The van der Waals surface area contributed by atoms with Gasteiger partial charge in [-0.05, 0) is 6.26 Å². The monoisotopic (exact) mass is 112 g/mol. The Morgan fingerprint density at radius 3 is 1.75 bits per heavy atom. The highest BCUT2D eigenvalue weighted by molar-refractivity contribution is 8.84. The molecular weight excluding hydrogens is 108 g/mol. The van der Waals surface area contributed by atoms with Gasteiger partial charge in [0, 0.05) is 0 Å². The molecule has 0 amide bonds. The molecule has 0 aromatic heterocycles. The summed E-state index contributed by atoms with van der Waals surface area (Å²) in [5, 5.41) is 0. The van der Waals surface area contributed by atoms with Crippen LogP contribution in [0, 0.1) is 0 Å². The van der Waals surface area contributed by atoms with E-state index in [9.17, 15) is 0 Å². The Morgan fingerprint density at radius 2 is 1.75 bits per heavy atom. The van der Waals surface area contributed by atoms with Crippen molar-refractivity contribution in [3.05, 3.63) is 0 Å². The Kier molecular flexibility index (Phi) is 0.660. The first-order valence-electron chi connectivity index (χ1n) is 0.979.